The molecule has 35 heavy (non-hydrogen) atoms. The monoisotopic (exact) mass is 499 g/mol. The summed E-state index contributed by atoms with van der Waals surface area (Å²) in [4.78, 5) is 55.7. The van der Waals surface area contributed by atoms with Gasteiger partial charge < -0.3 is 14.2 Å². The summed E-state index contributed by atoms with van der Waals surface area (Å²) < 4.78 is 58.0. The number of carbonyl (C=O) groups excluding carboxylic acids is 3. The highest BCUT2D eigenvalue weighted by atomic mass is 19.4. The minimum absolute atomic E-state index is 0.0861. The van der Waals surface area contributed by atoms with Crippen LogP contribution in [0.3, 0.4) is 0 Å². The number of hydrogen-bond acceptors (Lipinski definition) is 9. The third-order valence-corrected chi connectivity index (χ3v) is 4.87. The lowest BCUT2D eigenvalue weighted by Gasteiger charge is -2.25. The molecule has 1 saturated heterocycles. The summed E-state index contributed by atoms with van der Waals surface area (Å²) in [6.45, 7) is 2.77. The van der Waals surface area contributed by atoms with E-state index in [1.165, 1.54) is 13.1 Å². The predicted octanol–water partition coefficient (Wildman–Crippen LogP) is 0.898. The van der Waals surface area contributed by atoms with Crippen LogP contribution >= 0.6 is 0 Å². The summed E-state index contributed by atoms with van der Waals surface area (Å²) in [6.07, 6.45) is -6.55. The van der Waals surface area contributed by atoms with Crippen molar-refractivity contribution in [2.45, 2.75) is 64.5 Å². The van der Waals surface area contributed by atoms with Crippen LogP contribution in [0.1, 0.15) is 33.4 Å². The van der Waals surface area contributed by atoms with E-state index in [9.17, 15) is 32.3 Å². The molecular weight excluding hydrogens is 479 g/mol. The van der Waals surface area contributed by atoms with E-state index in [4.69, 9.17) is 15.9 Å². The number of esters is 2. The van der Waals surface area contributed by atoms with Crippen molar-refractivity contribution in [2.75, 3.05) is 5.32 Å². The van der Waals surface area contributed by atoms with Gasteiger partial charge in [0, 0.05) is 27.2 Å². The number of ether oxygens (including phenoxy) is 3. The Morgan fingerprint density at radius 2 is 2.00 bits per heavy atom. The number of imidazole rings is 1. The lowest BCUT2D eigenvalue weighted by molar-refractivity contribution is -0.248. The van der Waals surface area contributed by atoms with E-state index in [2.05, 4.69) is 25.9 Å². The molecule has 1 fully saturated rings. The van der Waals surface area contributed by atoms with Gasteiger partial charge in [-0.3, -0.25) is 24.3 Å². The Bertz CT molecular complexity index is 1260. The highest BCUT2D eigenvalue weighted by Gasteiger charge is 2.54. The fourth-order valence-electron chi connectivity index (χ4n) is 3.69. The molecule has 1 N–H and O–H groups in total. The van der Waals surface area contributed by atoms with E-state index in [1.54, 1.807) is 0 Å². The number of alkyl halides is 3. The third-order valence-electron chi connectivity index (χ3n) is 4.87. The summed E-state index contributed by atoms with van der Waals surface area (Å²) in [5.41, 5.74) is -0.906. The van der Waals surface area contributed by atoms with Gasteiger partial charge in [0.25, 0.3) is 0 Å². The number of terminal acetylenes is 1. The number of halogens is 3. The average Bonchev–Trinajstić information content (AvgIpc) is 3.22. The quantitative estimate of drug-likeness (QED) is 0.453. The number of amides is 1. The van der Waals surface area contributed by atoms with Crippen LogP contribution < -0.4 is 11.0 Å². The van der Waals surface area contributed by atoms with Gasteiger partial charge in [0.1, 0.15) is 17.7 Å². The number of nitrogens with one attached hydrogen (secondary N) is 1. The van der Waals surface area contributed by atoms with Crippen LogP contribution in [0.5, 0.6) is 0 Å². The molecule has 1 amide bonds. The summed E-state index contributed by atoms with van der Waals surface area (Å²) >= 11 is 0. The summed E-state index contributed by atoms with van der Waals surface area (Å²) in [6, 6.07) is 0. The molecule has 0 bridgehead atoms. The van der Waals surface area contributed by atoms with Crippen molar-refractivity contribution < 1.29 is 41.8 Å². The highest BCUT2D eigenvalue weighted by Crippen LogP contribution is 2.39. The Morgan fingerprint density at radius 3 is 2.54 bits per heavy atom. The second-order valence-electron chi connectivity index (χ2n) is 7.55. The number of rotatable bonds is 6. The maximum Gasteiger partial charge on any atom is 0.428 e. The highest BCUT2D eigenvalue weighted by molar-refractivity contribution is 5.87. The first-order chi connectivity index (χ1) is 16.3. The Hall–Kier alpha value is -3.93. The van der Waals surface area contributed by atoms with Gasteiger partial charge in [-0.05, 0) is 0 Å². The minimum atomic E-state index is -5.02. The molecule has 15 heteroatoms. The van der Waals surface area contributed by atoms with Gasteiger partial charge in [-0.15, -0.1) is 6.42 Å². The summed E-state index contributed by atoms with van der Waals surface area (Å²) in [5.74, 6) is -0.518. The minimum Gasteiger partial charge on any atom is -0.458 e. The topological polar surface area (TPSA) is 144 Å². The van der Waals surface area contributed by atoms with E-state index in [0.717, 1.165) is 23.0 Å². The normalized spacial score (nSPS) is 20.8. The molecule has 4 atom stereocenters. The van der Waals surface area contributed by atoms with E-state index in [1.807, 2.05) is 0 Å². The van der Waals surface area contributed by atoms with Gasteiger partial charge in [-0.1, -0.05) is 5.92 Å². The van der Waals surface area contributed by atoms with Crippen LogP contribution in [0.15, 0.2) is 11.0 Å². The third kappa shape index (κ3) is 5.43. The number of aromatic nitrogens is 4. The molecule has 3 rings (SSSR count). The first-order valence-corrected chi connectivity index (χ1v) is 10.1. The lowest BCUT2D eigenvalue weighted by atomic mass is 10.1. The van der Waals surface area contributed by atoms with Crippen LogP contribution in [0, 0.1) is 12.3 Å². The van der Waals surface area contributed by atoms with Crippen molar-refractivity contribution in [1.29, 1.82) is 0 Å². The Balaban J connectivity index is 2.17. The molecule has 2 aromatic heterocycles. The van der Waals surface area contributed by atoms with E-state index in [-0.39, 0.29) is 23.7 Å². The van der Waals surface area contributed by atoms with Gasteiger partial charge in [-0.25, -0.2) is 14.3 Å². The molecule has 12 nitrogen and oxygen atoms in total. The maximum absolute atomic E-state index is 13.6. The maximum atomic E-state index is 13.6. The molecule has 1 aliphatic rings. The smallest absolute Gasteiger partial charge is 0.428 e. The van der Waals surface area contributed by atoms with Crippen molar-refractivity contribution in [1.82, 2.24) is 19.1 Å². The second kappa shape index (κ2) is 9.74. The van der Waals surface area contributed by atoms with Gasteiger partial charge in [0.15, 0.2) is 11.9 Å². The zero-order chi connectivity index (χ0) is 26.1. The average molecular weight is 499 g/mol. The van der Waals surface area contributed by atoms with E-state index in [0.29, 0.717) is 0 Å². The summed E-state index contributed by atoms with van der Waals surface area (Å²) in [7, 11) is 0. The van der Waals surface area contributed by atoms with Gasteiger partial charge in [0.2, 0.25) is 18.0 Å². The van der Waals surface area contributed by atoms with Crippen LogP contribution in [-0.4, -0.2) is 61.4 Å². The SMILES string of the molecule is C#CCn1c(=O)n([C@@H]2O[C@H]([C@@H](OC(C)=O)C(F)(F)F)C[C@H]2OC(C)=O)c2nc(NC(C)=O)ncc21. The first kappa shape index (κ1) is 25.7. The van der Waals surface area contributed by atoms with Gasteiger partial charge >= 0.3 is 23.8 Å². The number of fused-ring (bicyclic) bond motifs is 1. The standard InChI is InChI=1S/C20H20F3N5O7/c1-5-6-27-12-8-24-18(25-9(2)29)26-16(12)28(19(27)32)17-14(33-10(3)30)7-13(35-17)15(20(21,22)23)34-11(4)31/h1,8,13-15,17H,6-7H2,2-4H3,(H,24,25,26,29)/t13-,14+,15+,17+/m0/s1. The molecule has 0 radical (unpaired) electrons. The van der Waals surface area contributed by atoms with Gasteiger partial charge in [0.05, 0.1) is 12.7 Å². The number of anilines is 1. The van der Waals surface area contributed by atoms with Crippen molar-refractivity contribution in [2.24, 2.45) is 0 Å². The Kier molecular flexibility index (Phi) is 7.15. The molecule has 3 heterocycles. The summed E-state index contributed by atoms with van der Waals surface area (Å²) in [5, 5.41) is 2.33. The van der Waals surface area contributed by atoms with Crippen LogP contribution in [0.25, 0.3) is 11.2 Å². The van der Waals surface area contributed by atoms with Crippen LogP contribution in [-0.2, 0) is 35.1 Å². The molecule has 0 aliphatic carbocycles. The second-order valence-corrected chi connectivity index (χ2v) is 7.55. The zero-order valence-electron chi connectivity index (χ0n) is 18.7. The Morgan fingerprint density at radius 1 is 1.31 bits per heavy atom. The lowest BCUT2D eigenvalue weighted by Crippen LogP contribution is -2.43. The number of hydrogen-bond donors (Lipinski definition) is 1. The van der Waals surface area contributed by atoms with Crippen LogP contribution in [0.4, 0.5) is 19.1 Å². The molecule has 2 aromatic rings. The molecule has 188 valence electrons. The Labute approximate surface area is 195 Å². The molecule has 0 unspecified atom stereocenters. The number of carbonyl (C=O) groups is 3. The van der Waals surface area contributed by atoms with Crippen molar-refractivity contribution in [3.05, 3.63) is 16.7 Å². The first-order valence-electron chi connectivity index (χ1n) is 10.1. The zero-order valence-corrected chi connectivity index (χ0v) is 18.7. The van der Waals surface area contributed by atoms with E-state index < -0.39 is 60.7 Å². The van der Waals surface area contributed by atoms with Crippen molar-refractivity contribution >= 4 is 35.0 Å². The fraction of sp³-hybridized carbons (Fsp3) is 0.500. The molecule has 0 aromatic carbocycles. The number of nitrogens with zero attached hydrogens (tertiary/aromatic N) is 4. The molecule has 1 aliphatic heterocycles. The predicted molar refractivity (Wildman–Crippen MR) is 111 cm³/mol. The van der Waals surface area contributed by atoms with Crippen molar-refractivity contribution in [3.63, 3.8) is 0 Å². The van der Waals surface area contributed by atoms with Crippen molar-refractivity contribution in [3.8, 4) is 12.3 Å². The van der Waals surface area contributed by atoms with E-state index >= 15 is 0 Å². The molecular formula is C20H20F3N5O7. The largest absolute Gasteiger partial charge is 0.458 e. The fourth-order valence-corrected chi connectivity index (χ4v) is 3.69. The van der Waals surface area contributed by atoms with Gasteiger partial charge in [-0.2, -0.15) is 18.2 Å². The molecule has 0 spiro atoms. The van der Waals surface area contributed by atoms with Crippen LogP contribution in [0.2, 0.25) is 0 Å². The molecule has 0 saturated carbocycles.